The molecule has 1 fully saturated rings. The Balaban J connectivity index is 1.30. The molecule has 0 saturated carbocycles. The number of piperazine rings is 1. The summed E-state index contributed by atoms with van der Waals surface area (Å²) in [5.74, 6) is 3.20. The monoisotopic (exact) mass is 436 g/mol. The molecule has 5 rings (SSSR count). The highest BCUT2D eigenvalue weighted by atomic mass is 16.5. The molecule has 0 N–H and O–H groups in total. The van der Waals surface area contributed by atoms with Crippen LogP contribution in [0.25, 0.3) is 5.78 Å². The third kappa shape index (κ3) is 3.72. The van der Waals surface area contributed by atoms with Crippen LogP contribution in [0, 0.1) is 0 Å². The van der Waals surface area contributed by atoms with Crippen molar-refractivity contribution in [1.82, 2.24) is 24.5 Å². The van der Waals surface area contributed by atoms with E-state index >= 15 is 0 Å². The number of aromatic nitrogens is 4. The van der Waals surface area contributed by atoms with Crippen molar-refractivity contribution in [2.24, 2.45) is 0 Å². The van der Waals surface area contributed by atoms with Crippen molar-refractivity contribution in [3.63, 3.8) is 0 Å². The molecule has 1 aliphatic heterocycles. The molecule has 1 aliphatic carbocycles. The molecule has 1 saturated heterocycles. The molecule has 3 heterocycles. The van der Waals surface area contributed by atoms with Gasteiger partial charge in [0.1, 0.15) is 12.1 Å². The van der Waals surface area contributed by atoms with Crippen molar-refractivity contribution in [3.8, 4) is 11.5 Å². The van der Waals surface area contributed by atoms with E-state index in [1.165, 1.54) is 18.4 Å². The average molecular weight is 437 g/mol. The first-order valence-electron chi connectivity index (χ1n) is 11.1. The molecule has 0 radical (unpaired) electrons. The van der Waals surface area contributed by atoms with E-state index < -0.39 is 0 Å². The fourth-order valence-corrected chi connectivity index (χ4v) is 4.73. The fraction of sp³-hybridized carbons (Fsp3) is 0.478. The Kier molecular flexibility index (Phi) is 5.55. The van der Waals surface area contributed by atoms with E-state index in [-0.39, 0.29) is 5.91 Å². The van der Waals surface area contributed by atoms with Gasteiger partial charge >= 0.3 is 0 Å². The van der Waals surface area contributed by atoms with Gasteiger partial charge in [0.25, 0.3) is 5.78 Å². The van der Waals surface area contributed by atoms with Crippen molar-refractivity contribution >= 4 is 17.5 Å². The number of fused-ring (bicyclic) bond motifs is 2. The standard InChI is InChI=1S/C23H28N6O3/c1-31-19-8-7-16(13-20(19)32-2)14-21(30)27-9-11-28(12-10-27)22-17-5-3-4-6-18(17)26-23-24-15-25-29(22)23/h7-8,13,15H,3-6,9-12,14H2,1-2H3. The molecular formula is C23H28N6O3. The van der Waals surface area contributed by atoms with Gasteiger partial charge < -0.3 is 19.3 Å². The van der Waals surface area contributed by atoms with Gasteiger partial charge in [-0.3, -0.25) is 4.79 Å². The van der Waals surface area contributed by atoms with Crippen molar-refractivity contribution in [2.75, 3.05) is 45.3 Å². The number of nitrogens with zero attached hydrogens (tertiary/aromatic N) is 6. The Hall–Kier alpha value is -3.36. The Labute approximate surface area is 187 Å². The predicted molar refractivity (Wildman–Crippen MR) is 119 cm³/mol. The highest BCUT2D eigenvalue weighted by molar-refractivity contribution is 5.79. The maximum Gasteiger partial charge on any atom is 0.254 e. The van der Waals surface area contributed by atoms with Crippen molar-refractivity contribution < 1.29 is 14.3 Å². The number of amides is 1. The summed E-state index contributed by atoms with van der Waals surface area (Å²) in [7, 11) is 3.21. The lowest BCUT2D eigenvalue weighted by atomic mass is 9.96. The summed E-state index contributed by atoms with van der Waals surface area (Å²) in [5, 5.41) is 4.44. The van der Waals surface area contributed by atoms with Gasteiger partial charge in [-0.1, -0.05) is 6.07 Å². The van der Waals surface area contributed by atoms with Crippen LogP contribution in [-0.4, -0.2) is 70.8 Å². The van der Waals surface area contributed by atoms with Crippen LogP contribution in [0.4, 0.5) is 5.82 Å². The summed E-state index contributed by atoms with van der Waals surface area (Å²) < 4.78 is 12.5. The number of carbonyl (C=O) groups is 1. The van der Waals surface area contributed by atoms with Crippen LogP contribution in [-0.2, 0) is 24.1 Å². The summed E-state index contributed by atoms with van der Waals surface area (Å²) in [4.78, 5) is 26.3. The van der Waals surface area contributed by atoms with E-state index in [1.54, 1.807) is 20.5 Å². The maximum absolute atomic E-state index is 13.0. The molecule has 0 unspecified atom stereocenters. The molecule has 2 aliphatic rings. The molecule has 9 nitrogen and oxygen atoms in total. The molecular weight excluding hydrogens is 408 g/mol. The maximum atomic E-state index is 13.0. The second-order valence-electron chi connectivity index (χ2n) is 8.27. The third-order valence-electron chi connectivity index (χ3n) is 6.41. The van der Waals surface area contributed by atoms with Crippen LogP contribution < -0.4 is 14.4 Å². The van der Waals surface area contributed by atoms with Crippen LogP contribution in [0.2, 0.25) is 0 Å². The summed E-state index contributed by atoms with van der Waals surface area (Å²) in [6, 6.07) is 5.63. The van der Waals surface area contributed by atoms with E-state index in [2.05, 4.69) is 15.0 Å². The number of carbonyl (C=O) groups excluding carboxylic acids is 1. The minimum atomic E-state index is 0.125. The smallest absolute Gasteiger partial charge is 0.254 e. The number of hydrogen-bond donors (Lipinski definition) is 0. The Morgan fingerprint density at radius 3 is 2.59 bits per heavy atom. The van der Waals surface area contributed by atoms with Gasteiger partial charge in [0.2, 0.25) is 5.91 Å². The first-order valence-corrected chi connectivity index (χ1v) is 11.1. The Morgan fingerprint density at radius 1 is 1.03 bits per heavy atom. The SMILES string of the molecule is COc1ccc(CC(=O)N2CCN(c3c4c(nc5ncnn35)CCCC4)CC2)cc1OC. The molecule has 1 amide bonds. The van der Waals surface area contributed by atoms with Gasteiger partial charge in [0, 0.05) is 31.7 Å². The van der Waals surface area contributed by atoms with Gasteiger partial charge in [-0.25, -0.2) is 4.98 Å². The average Bonchev–Trinajstić information content (AvgIpc) is 3.30. The van der Waals surface area contributed by atoms with E-state index in [0.717, 1.165) is 43.0 Å². The first kappa shape index (κ1) is 20.5. The largest absolute Gasteiger partial charge is 0.493 e. The number of benzene rings is 1. The van der Waals surface area contributed by atoms with Crippen LogP contribution in [0.3, 0.4) is 0 Å². The molecule has 0 atom stereocenters. The van der Waals surface area contributed by atoms with E-state index in [0.29, 0.717) is 36.8 Å². The lowest BCUT2D eigenvalue weighted by molar-refractivity contribution is -0.130. The zero-order valence-electron chi connectivity index (χ0n) is 18.6. The Morgan fingerprint density at radius 2 is 1.81 bits per heavy atom. The van der Waals surface area contributed by atoms with Crippen molar-refractivity contribution in [3.05, 3.63) is 41.3 Å². The molecule has 1 aromatic carbocycles. The number of methoxy groups -OCH3 is 2. The number of rotatable bonds is 5. The lowest BCUT2D eigenvalue weighted by Crippen LogP contribution is -2.50. The molecule has 0 spiro atoms. The summed E-state index contributed by atoms with van der Waals surface area (Å²) in [5.41, 5.74) is 3.36. The van der Waals surface area contributed by atoms with Crippen molar-refractivity contribution in [2.45, 2.75) is 32.1 Å². The van der Waals surface area contributed by atoms with E-state index in [1.807, 2.05) is 27.6 Å². The minimum absolute atomic E-state index is 0.125. The highest BCUT2D eigenvalue weighted by Crippen LogP contribution is 2.31. The van der Waals surface area contributed by atoms with Crippen LogP contribution in [0.5, 0.6) is 11.5 Å². The summed E-state index contributed by atoms with van der Waals surface area (Å²) >= 11 is 0. The van der Waals surface area contributed by atoms with Crippen LogP contribution in [0.15, 0.2) is 24.5 Å². The van der Waals surface area contributed by atoms with Gasteiger partial charge in [0.05, 0.1) is 26.3 Å². The normalized spacial score (nSPS) is 16.2. The first-order chi connectivity index (χ1) is 15.7. The summed E-state index contributed by atoms with van der Waals surface area (Å²) in [6.07, 6.45) is 6.27. The second kappa shape index (κ2) is 8.64. The van der Waals surface area contributed by atoms with E-state index in [4.69, 9.17) is 14.5 Å². The molecule has 2 aromatic heterocycles. The number of hydrogen-bond acceptors (Lipinski definition) is 7. The second-order valence-corrected chi connectivity index (χ2v) is 8.27. The number of anilines is 1. The zero-order valence-corrected chi connectivity index (χ0v) is 18.6. The molecule has 3 aromatic rings. The van der Waals surface area contributed by atoms with Crippen molar-refractivity contribution in [1.29, 1.82) is 0 Å². The minimum Gasteiger partial charge on any atom is -0.493 e. The highest BCUT2D eigenvalue weighted by Gasteiger charge is 2.28. The molecule has 168 valence electrons. The molecule has 0 bridgehead atoms. The Bertz CT molecular complexity index is 1140. The topological polar surface area (TPSA) is 85.1 Å². The lowest BCUT2D eigenvalue weighted by Gasteiger charge is -2.37. The zero-order chi connectivity index (χ0) is 22.1. The molecule has 32 heavy (non-hydrogen) atoms. The quantitative estimate of drug-likeness (QED) is 0.604. The summed E-state index contributed by atoms with van der Waals surface area (Å²) in [6.45, 7) is 2.89. The van der Waals surface area contributed by atoms with Gasteiger partial charge in [-0.15, -0.1) is 0 Å². The van der Waals surface area contributed by atoms with E-state index in [9.17, 15) is 4.79 Å². The fourth-order valence-electron chi connectivity index (χ4n) is 4.73. The number of aryl methyl sites for hydroxylation is 1. The van der Waals surface area contributed by atoms with Crippen LogP contribution >= 0.6 is 0 Å². The predicted octanol–water partition coefficient (Wildman–Crippen LogP) is 1.91. The van der Waals surface area contributed by atoms with Gasteiger partial charge in [0.15, 0.2) is 11.5 Å². The molecule has 9 heteroatoms. The van der Waals surface area contributed by atoms with Gasteiger partial charge in [-0.2, -0.15) is 14.6 Å². The third-order valence-corrected chi connectivity index (χ3v) is 6.41. The van der Waals surface area contributed by atoms with Gasteiger partial charge in [-0.05, 0) is 43.4 Å². The number of ether oxygens (including phenoxy) is 2. The van der Waals surface area contributed by atoms with Crippen LogP contribution in [0.1, 0.15) is 29.7 Å².